The van der Waals surface area contributed by atoms with E-state index in [4.69, 9.17) is 14.5 Å². The van der Waals surface area contributed by atoms with Crippen LogP contribution in [0.4, 0.5) is 0 Å². The van der Waals surface area contributed by atoms with Crippen molar-refractivity contribution in [2.45, 2.75) is 45.2 Å². The number of nitrogens with zero attached hydrogens (tertiary/aromatic N) is 3. The first-order valence-electron chi connectivity index (χ1n) is 11.3. The third kappa shape index (κ3) is 3.08. The van der Waals surface area contributed by atoms with Gasteiger partial charge in [0.05, 0.1) is 22.5 Å². The lowest BCUT2D eigenvalue weighted by atomic mass is 9.86. The number of hydrogen-bond donors (Lipinski definition) is 2. The molecule has 0 fully saturated rings. The normalized spacial score (nSPS) is 20.9. The highest BCUT2D eigenvalue weighted by molar-refractivity contribution is 5.89. The molecule has 0 saturated heterocycles. The molecule has 1 aromatic carbocycles. The van der Waals surface area contributed by atoms with Gasteiger partial charge in [0.1, 0.15) is 12.4 Å². The number of fused-ring (bicyclic) bond motifs is 5. The first kappa shape index (κ1) is 22.5. The van der Waals surface area contributed by atoms with Crippen molar-refractivity contribution < 1.29 is 24.5 Å². The number of aromatic nitrogens is 2. The summed E-state index contributed by atoms with van der Waals surface area (Å²) >= 11 is 0. The highest BCUT2D eigenvalue weighted by atomic mass is 16.6. The van der Waals surface area contributed by atoms with Gasteiger partial charge in [0, 0.05) is 35.2 Å². The Bertz CT molecular complexity index is 1400. The van der Waals surface area contributed by atoms with Gasteiger partial charge in [-0.05, 0) is 51.7 Å². The van der Waals surface area contributed by atoms with Crippen molar-refractivity contribution in [3.63, 3.8) is 0 Å². The number of phenols is 1. The van der Waals surface area contributed by atoms with Crippen molar-refractivity contribution in [1.82, 2.24) is 14.5 Å². The standard InChI is InChI=1S/C25H27N3O6/c1-5-25(32)17-10-19-21-14(9-13-15(11-27(3)4)20(29)8-7-18(13)26-21)23(33-6-2)28(19)22(30)16(17)12-34-24(25)31/h7-10,23,29,32H,5-6,11-12H2,1-4H3/t23?,25-/m0/s1. The molecular weight excluding hydrogens is 438 g/mol. The minimum absolute atomic E-state index is 0.0712. The number of hydrogen-bond acceptors (Lipinski definition) is 8. The number of carbonyl (C=O) groups excluding carboxylic acids is 1. The second kappa shape index (κ2) is 7.90. The third-order valence-corrected chi connectivity index (χ3v) is 6.64. The summed E-state index contributed by atoms with van der Waals surface area (Å²) in [7, 11) is 3.83. The van der Waals surface area contributed by atoms with Crippen LogP contribution >= 0.6 is 0 Å². The maximum absolute atomic E-state index is 13.6. The summed E-state index contributed by atoms with van der Waals surface area (Å²) in [6, 6.07) is 6.92. The number of aromatic hydroxyl groups is 1. The first-order valence-corrected chi connectivity index (χ1v) is 11.3. The fourth-order valence-corrected chi connectivity index (χ4v) is 4.93. The minimum Gasteiger partial charge on any atom is -0.508 e. The van der Waals surface area contributed by atoms with Gasteiger partial charge in [-0.15, -0.1) is 0 Å². The maximum atomic E-state index is 13.6. The zero-order chi connectivity index (χ0) is 24.4. The molecule has 2 aromatic heterocycles. The summed E-state index contributed by atoms with van der Waals surface area (Å²) in [6.45, 7) is 4.16. The molecule has 0 aliphatic carbocycles. The predicted molar refractivity (Wildman–Crippen MR) is 124 cm³/mol. The van der Waals surface area contributed by atoms with E-state index in [9.17, 15) is 19.8 Å². The fraction of sp³-hybridized carbons (Fsp3) is 0.400. The van der Waals surface area contributed by atoms with Crippen molar-refractivity contribution in [1.29, 1.82) is 0 Å². The van der Waals surface area contributed by atoms with Crippen LogP contribution in [-0.2, 0) is 33.0 Å². The number of rotatable bonds is 5. The van der Waals surface area contributed by atoms with Crippen LogP contribution in [0.15, 0.2) is 29.1 Å². The Labute approximate surface area is 196 Å². The Hall–Kier alpha value is -3.27. The third-order valence-electron chi connectivity index (χ3n) is 6.64. The summed E-state index contributed by atoms with van der Waals surface area (Å²) in [4.78, 5) is 32.9. The monoisotopic (exact) mass is 465 g/mol. The molecule has 0 bridgehead atoms. The van der Waals surface area contributed by atoms with Crippen molar-refractivity contribution in [3.05, 3.63) is 56.9 Å². The molecule has 0 spiro atoms. The highest BCUT2D eigenvalue weighted by Gasteiger charge is 2.46. The highest BCUT2D eigenvalue weighted by Crippen LogP contribution is 2.44. The van der Waals surface area contributed by atoms with E-state index in [0.717, 1.165) is 10.9 Å². The van der Waals surface area contributed by atoms with E-state index in [0.29, 0.717) is 35.6 Å². The number of ether oxygens (including phenoxy) is 2. The number of aliphatic hydroxyl groups is 1. The molecule has 0 saturated carbocycles. The van der Waals surface area contributed by atoms with Crippen LogP contribution in [0.2, 0.25) is 0 Å². The largest absolute Gasteiger partial charge is 0.508 e. The summed E-state index contributed by atoms with van der Waals surface area (Å²) in [5.41, 5.74) is 1.31. The van der Waals surface area contributed by atoms with Crippen LogP contribution in [0.3, 0.4) is 0 Å². The molecule has 2 atom stereocenters. The quantitative estimate of drug-likeness (QED) is 0.552. The SMILES string of the molecule is CCOC1c2cc3c(CN(C)C)c(O)ccc3nc2-c2cc3c(c(=O)n21)COC(=O)[C@]3(O)CC. The van der Waals surface area contributed by atoms with E-state index < -0.39 is 17.8 Å². The number of cyclic esters (lactones) is 1. The predicted octanol–water partition coefficient (Wildman–Crippen LogP) is 2.38. The Morgan fingerprint density at radius 1 is 1.26 bits per heavy atom. The van der Waals surface area contributed by atoms with Gasteiger partial charge in [0.25, 0.3) is 5.56 Å². The molecule has 9 nitrogen and oxygen atoms in total. The molecule has 178 valence electrons. The van der Waals surface area contributed by atoms with Gasteiger partial charge in [-0.2, -0.15) is 0 Å². The first-order chi connectivity index (χ1) is 16.2. The van der Waals surface area contributed by atoms with E-state index in [-0.39, 0.29) is 35.5 Å². The zero-order valence-electron chi connectivity index (χ0n) is 19.6. The van der Waals surface area contributed by atoms with Crippen LogP contribution in [-0.4, -0.2) is 51.3 Å². The Morgan fingerprint density at radius 3 is 2.71 bits per heavy atom. The second-order valence-electron chi connectivity index (χ2n) is 8.99. The van der Waals surface area contributed by atoms with Gasteiger partial charge in [0.2, 0.25) is 0 Å². The summed E-state index contributed by atoms with van der Waals surface area (Å²) in [5.74, 6) is -0.593. The molecule has 1 unspecified atom stereocenters. The fourth-order valence-electron chi connectivity index (χ4n) is 4.93. The van der Waals surface area contributed by atoms with E-state index in [2.05, 4.69) is 0 Å². The average Bonchev–Trinajstić information content (AvgIpc) is 3.10. The summed E-state index contributed by atoms with van der Waals surface area (Å²) in [5, 5.41) is 22.4. The molecule has 9 heteroatoms. The molecule has 2 N–H and O–H groups in total. The van der Waals surface area contributed by atoms with Crippen LogP contribution in [0.25, 0.3) is 22.3 Å². The summed E-state index contributed by atoms with van der Waals surface area (Å²) < 4.78 is 12.7. The van der Waals surface area contributed by atoms with Crippen molar-refractivity contribution in [2.75, 3.05) is 20.7 Å². The number of esters is 1. The van der Waals surface area contributed by atoms with Gasteiger partial charge in [0.15, 0.2) is 11.8 Å². The lowest BCUT2D eigenvalue weighted by Gasteiger charge is -2.32. The lowest BCUT2D eigenvalue weighted by molar-refractivity contribution is -0.172. The molecule has 0 radical (unpaired) electrons. The minimum atomic E-state index is -1.90. The smallest absolute Gasteiger partial charge is 0.343 e. The van der Waals surface area contributed by atoms with E-state index in [1.165, 1.54) is 4.57 Å². The van der Waals surface area contributed by atoms with Crippen molar-refractivity contribution >= 4 is 16.9 Å². The van der Waals surface area contributed by atoms with E-state index >= 15 is 0 Å². The number of carbonyl (C=O) groups is 1. The molecular formula is C25H27N3O6. The van der Waals surface area contributed by atoms with Crippen LogP contribution in [0.5, 0.6) is 5.75 Å². The lowest BCUT2D eigenvalue weighted by Crippen LogP contribution is -2.44. The van der Waals surface area contributed by atoms with Crippen LogP contribution < -0.4 is 5.56 Å². The topological polar surface area (TPSA) is 114 Å². The van der Waals surface area contributed by atoms with E-state index in [1.54, 1.807) is 25.1 Å². The number of pyridine rings is 2. The average molecular weight is 466 g/mol. The maximum Gasteiger partial charge on any atom is 0.343 e. The van der Waals surface area contributed by atoms with Gasteiger partial charge in [-0.25, -0.2) is 9.78 Å². The Balaban J connectivity index is 1.82. The van der Waals surface area contributed by atoms with Gasteiger partial charge >= 0.3 is 5.97 Å². The van der Waals surface area contributed by atoms with Crippen LogP contribution in [0.1, 0.15) is 48.8 Å². The van der Waals surface area contributed by atoms with Gasteiger partial charge < -0.3 is 24.6 Å². The molecule has 2 aliphatic heterocycles. The molecule has 3 aromatic rings. The zero-order valence-corrected chi connectivity index (χ0v) is 19.6. The van der Waals surface area contributed by atoms with Gasteiger partial charge in [-0.3, -0.25) is 9.36 Å². The Kier molecular flexibility index (Phi) is 5.23. The molecule has 0 amide bonds. The number of phenolic OH excluding ortho intramolecular Hbond substituents is 1. The molecule has 4 heterocycles. The van der Waals surface area contributed by atoms with Crippen molar-refractivity contribution in [3.8, 4) is 17.1 Å². The summed E-state index contributed by atoms with van der Waals surface area (Å²) in [6.07, 6.45) is -0.659. The van der Waals surface area contributed by atoms with Crippen LogP contribution in [0, 0.1) is 0 Å². The van der Waals surface area contributed by atoms with Crippen molar-refractivity contribution in [2.24, 2.45) is 0 Å². The molecule has 5 rings (SSSR count). The molecule has 2 aliphatic rings. The Morgan fingerprint density at radius 2 is 2.03 bits per heavy atom. The van der Waals surface area contributed by atoms with E-state index in [1.807, 2.05) is 32.0 Å². The second-order valence-corrected chi connectivity index (χ2v) is 8.99. The van der Waals surface area contributed by atoms with Gasteiger partial charge in [-0.1, -0.05) is 6.92 Å². The molecule has 34 heavy (non-hydrogen) atoms. The number of benzene rings is 1.